The van der Waals surface area contributed by atoms with E-state index in [4.69, 9.17) is 5.73 Å². The standard InChI is InChI=1S/C14H22N2OS/c1-3-10-5-4-6-11(7-10)13(17)12-8-18-14(16-12)9(2)15/h8-11H,3-7,15H2,1-2H3. The highest BCUT2D eigenvalue weighted by Gasteiger charge is 2.28. The zero-order valence-corrected chi connectivity index (χ0v) is 12.0. The number of hydrogen-bond donors (Lipinski definition) is 1. The van der Waals surface area contributed by atoms with Crippen molar-refractivity contribution in [1.29, 1.82) is 0 Å². The molecular formula is C14H22N2OS. The zero-order valence-electron chi connectivity index (χ0n) is 11.2. The van der Waals surface area contributed by atoms with Crippen LogP contribution in [0.5, 0.6) is 0 Å². The van der Waals surface area contributed by atoms with Gasteiger partial charge in [0.2, 0.25) is 0 Å². The van der Waals surface area contributed by atoms with E-state index in [1.807, 2.05) is 12.3 Å². The van der Waals surface area contributed by atoms with Gasteiger partial charge >= 0.3 is 0 Å². The smallest absolute Gasteiger partial charge is 0.185 e. The third-order valence-corrected chi connectivity index (χ3v) is 4.94. The van der Waals surface area contributed by atoms with Crippen molar-refractivity contribution in [3.63, 3.8) is 0 Å². The number of hydrogen-bond acceptors (Lipinski definition) is 4. The molecule has 1 aliphatic carbocycles. The van der Waals surface area contributed by atoms with Gasteiger partial charge in [-0.15, -0.1) is 11.3 Å². The van der Waals surface area contributed by atoms with Gasteiger partial charge in [0.05, 0.1) is 6.04 Å². The molecule has 0 saturated heterocycles. The lowest BCUT2D eigenvalue weighted by Gasteiger charge is -2.26. The Kier molecular flexibility index (Phi) is 4.51. The molecule has 1 aromatic heterocycles. The molecule has 0 radical (unpaired) electrons. The number of Topliss-reactive ketones (excluding diaryl/α,β-unsaturated/α-hetero) is 1. The van der Waals surface area contributed by atoms with Crippen molar-refractivity contribution in [2.75, 3.05) is 0 Å². The second kappa shape index (κ2) is 5.93. The Balaban J connectivity index is 2.05. The highest BCUT2D eigenvalue weighted by molar-refractivity contribution is 7.09. The van der Waals surface area contributed by atoms with Crippen molar-refractivity contribution >= 4 is 17.1 Å². The van der Waals surface area contributed by atoms with Gasteiger partial charge in [0, 0.05) is 11.3 Å². The van der Waals surface area contributed by atoms with Crippen LogP contribution in [0, 0.1) is 11.8 Å². The highest BCUT2D eigenvalue weighted by Crippen LogP contribution is 2.33. The molecule has 0 aliphatic heterocycles. The summed E-state index contributed by atoms with van der Waals surface area (Å²) in [5.41, 5.74) is 6.42. The first-order valence-corrected chi connectivity index (χ1v) is 7.75. The number of thiazole rings is 1. The second-order valence-electron chi connectivity index (χ2n) is 5.36. The summed E-state index contributed by atoms with van der Waals surface area (Å²) in [6, 6.07) is -0.0775. The Labute approximate surface area is 113 Å². The van der Waals surface area contributed by atoms with E-state index in [0.29, 0.717) is 5.69 Å². The summed E-state index contributed by atoms with van der Waals surface area (Å²) in [5, 5.41) is 2.73. The average molecular weight is 266 g/mol. The van der Waals surface area contributed by atoms with Gasteiger partial charge in [-0.25, -0.2) is 4.98 Å². The van der Waals surface area contributed by atoms with Crippen LogP contribution < -0.4 is 5.73 Å². The quantitative estimate of drug-likeness (QED) is 0.848. The summed E-state index contributed by atoms with van der Waals surface area (Å²) >= 11 is 1.50. The van der Waals surface area contributed by atoms with Crippen molar-refractivity contribution in [3.8, 4) is 0 Å². The molecule has 2 N–H and O–H groups in total. The fourth-order valence-corrected chi connectivity index (χ4v) is 3.49. The molecule has 2 rings (SSSR count). The van der Waals surface area contributed by atoms with Gasteiger partial charge in [-0.3, -0.25) is 4.79 Å². The second-order valence-corrected chi connectivity index (χ2v) is 6.25. The number of aromatic nitrogens is 1. The van der Waals surface area contributed by atoms with Crippen LogP contribution in [0.15, 0.2) is 5.38 Å². The fraction of sp³-hybridized carbons (Fsp3) is 0.714. The molecule has 1 aromatic rings. The minimum Gasteiger partial charge on any atom is -0.322 e. The minimum atomic E-state index is -0.0775. The van der Waals surface area contributed by atoms with E-state index in [2.05, 4.69) is 11.9 Å². The maximum Gasteiger partial charge on any atom is 0.185 e. The summed E-state index contributed by atoms with van der Waals surface area (Å²) < 4.78 is 0. The molecular weight excluding hydrogens is 244 g/mol. The van der Waals surface area contributed by atoms with E-state index in [1.54, 1.807) is 0 Å². The number of carbonyl (C=O) groups excluding carboxylic acids is 1. The minimum absolute atomic E-state index is 0.0775. The number of ketones is 1. The zero-order chi connectivity index (χ0) is 13.1. The van der Waals surface area contributed by atoms with Crippen molar-refractivity contribution in [3.05, 3.63) is 16.1 Å². The molecule has 0 spiro atoms. The monoisotopic (exact) mass is 266 g/mol. The molecule has 18 heavy (non-hydrogen) atoms. The Morgan fingerprint density at radius 2 is 2.39 bits per heavy atom. The molecule has 3 nitrogen and oxygen atoms in total. The molecule has 1 aliphatic rings. The van der Waals surface area contributed by atoms with Crippen molar-refractivity contribution in [1.82, 2.24) is 4.98 Å². The first kappa shape index (κ1) is 13.7. The van der Waals surface area contributed by atoms with Crippen LogP contribution in [0.25, 0.3) is 0 Å². The van der Waals surface area contributed by atoms with E-state index >= 15 is 0 Å². The number of carbonyl (C=O) groups is 1. The van der Waals surface area contributed by atoms with Crippen molar-refractivity contribution in [2.24, 2.45) is 17.6 Å². The van der Waals surface area contributed by atoms with Crippen LogP contribution in [-0.2, 0) is 0 Å². The molecule has 0 bridgehead atoms. The van der Waals surface area contributed by atoms with E-state index in [1.165, 1.54) is 30.6 Å². The topological polar surface area (TPSA) is 56.0 Å². The SMILES string of the molecule is CCC1CCCC(C(=O)c2csc(C(C)N)n2)C1. The lowest BCUT2D eigenvalue weighted by atomic mass is 9.78. The maximum absolute atomic E-state index is 12.4. The summed E-state index contributed by atoms with van der Waals surface area (Å²) in [4.78, 5) is 16.8. The Hall–Kier alpha value is -0.740. The molecule has 3 unspecified atom stereocenters. The molecule has 100 valence electrons. The molecule has 1 fully saturated rings. The Morgan fingerprint density at radius 1 is 1.61 bits per heavy atom. The fourth-order valence-electron chi connectivity index (χ4n) is 2.72. The number of rotatable bonds is 4. The van der Waals surface area contributed by atoms with Gasteiger partial charge in [0.1, 0.15) is 10.7 Å². The molecule has 0 amide bonds. The largest absolute Gasteiger partial charge is 0.322 e. The lowest BCUT2D eigenvalue weighted by Crippen LogP contribution is -2.23. The average Bonchev–Trinajstić information content (AvgIpc) is 2.87. The van der Waals surface area contributed by atoms with Crippen LogP contribution in [0.3, 0.4) is 0 Å². The summed E-state index contributed by atoms with van der Waals surface area (Å²) in [6.07, 6.45) is 5.72. The first-order valence-electron chi connectivity index (χ1n) is 6.87. The molecule has 1 saturated carbocycles. The van der Waals surface area contributed by atoms with Crippen molar-refractivity contribution < 1.29 is 4.79 Å². The van der Waals surface area contributed by atoms with Crippen LogP contribution >= 0.6 is 11.3 Å². The number of nitrogens with zero attached hydrogens (tertiary/aromatic N) is 1. The van der Waals surface area contributed by atoms with Gasteiger partial charge < -0.3 is 5.73 Å². The maximum atomic E-state index is 12.4. The Morgan fingerprint density at radius 3 is 3.00 bits per heavy atom. The van der Waals surface area contributed by atoms with Gasteiger partial charge in [-0.2, -0.15) is 0 Å². The van der Waals surface area contributed by atoms with Crippen molar-refractivity contribution in [2.45, 2.75) is 52.0 Å². The molecule has 0 aromatic carbocycles. The summed E-state index contributed by atoms with van der Waals surface area (Å²) in [6.45, 7) is 4.12. The van der Waals surface area contributed by atoms with Gasteiger partial charge in [-0.1, -0.05) is 26.2 Å². The number of nitrogens with two attached hydrogens (primary N) is 1. The third kappa shape index (κ3) is 2.98. The Bertz CT molecular complexity index is 414. The van der Waals surface area contributed by atoms with E-state index in [9.17, 15) is 4.79 Å². The van der Waals surface area contributed by atoms with Crippen LogP contribution in [0.1, 0.15) is 67.5 Å². The first-order chi connectivity index (χ1) is 8.61. The molecule has 1 heterocycles. The third-order valence-electron chi connectivity index (χ3n) is 3.89. The predicted molar refractivity (Wildman–Crippen MR) is 74.8 cm³/mol. The van der Waals surface area contributed by atoms with Gasteiger partial charge in [0.15, 0.2) is 5.78 Å². The summed E-state index contributed by atoms with van der Waals surface area (Å²) in [5.74, 6) is 1.14. The van der Waals surface area contributed by atoms with Gasteiger partial charge in [-0.05, 0) is 25.7 Å². The van der Waals surface area contributed by atoms with E-state index < -0.39 is 0 Å². The lowest BCUT2D eigenvalue weighted by molar-refractivity contribution is 0.0857. The van der Waals surface area contributed by atoms with Gasteiger partial charge in [0.25, 0.3) is 0 Å². The molecule has 4 heteroatoms. The van der Waals surface area contributed by atoms with E-state index in [-0.39, 0.29) is 17.7 Å². The van der Waals surface area contributed by atoms with E-state index in [0.717, 1.165) is 23.8 Å². The summed E-state index contributed by atoms with van der Waals surface area (Å²) in [7, 11) is 0. The molecule has 3 atom stereocenters. The highest BCUT2D eigenvalue weighted by atomic mass is 32.1. The van der Waals surface area contributed by atoms with Crippen LogP contribution in [-0.4, -0.2) is 10.8 Å². The van der Waals surface area contributed by atoms with Crippen LogP contribution in [0.2, 0.25) is 0 Å². The predicted octanol–water partition coefficient (Wildman–Crippen LogP) is 3.56. The normalized spacial score (nSPS) is 25.9. The van der Waals surface area contributed by atoms with Crippen LogP contribution in [0.4, 0.5) is 0 Å².